The summed E-state index contributed by atoms with van der Waals surface area (Å²) < 4.78 is 45.8. The van der Waals surface area contributed by atoms with Crippen LogP contribution in [0.2, 0.25) is 0 Å². The van der Waals surface area contributed by atoms with Crippen molar-refractivity contribution >= 4 is 0 Å². The minimum atomic E-state index is -4.21. The van der Waals surface area contributed by atoms with Crippen LogP contribution in [0.1, 0.15) is 12.0 Å². The van der Waals surface area contributed by atoms with Crippen LogP contribution in [0.15, 0.2) is 18.2 Å². The largest absolute Gasteiger partial charge is 0.497 e. The van der Waals surface area contributed by atoms with Crippen molar-refractivity contribution in [3.63, 3.8) is 0 Å². The van der Waals surface area contributed by atoms with Crippen molar-refractivity contribution in [1.29, 1.82) is 0 Å². The molecule has 96 valence electrons. The zero-order valence-electron chi connectivity index (χ0n) is 9.38. The van der Waals surface area contributed by atoms with Crippen LogP contribution in [0.3, 0.4) is 0 Å². The first-order valence-electron chi connectivity index (χ1n) is 5.02. The Kier molecular flexibility index (Phi) is 4.62. The van der Waals surface area contributed by atoms with Gasteiger partial charge < -0.3 is 15.2 Å². The Morgan fingerprint density at radius 2 is 1.82 bits per heavy atom. The summed E-state index contributed by atoms with van der Waals surface area (Å²) in [5.41, 5.74) is 6.19. The Morgan fingerprint density at radius 3 is 2.35 bits per heavy atom. The summed E-state index contributed by atoms with van der Waals surface area (Å²) in [6, 6.07) is 4.82. The van der Waals surface area contributed by atoms with Crippen LogP contribution in [0.4, 0.5) is 13.2 Å². The van der Waals surface area contributed by atoms with Gasteiger partial charge in [0.15, 0.2) is 0 Å². The van der Waals surface area contributed by atoms with E-state index in [1.54, 1.807) is 12.1 Å². The lowest BCUT2D eigenvalue weighted by Gasteiger charge is -2.11. The highest BCUT2D eigenvalue weighted by molar-refractivity contribution is 5.38. The van der Waals surface area contributed by atoms with Gasteiger partial charge >= 0.3 is 6.18 Å². The fourth-order valence-corrected chi connectivity index (χ4v) is 1.23. The lowest BCUT2D eigenvalue weighted by atomic mass is 10.2. The molecule has 0 atom stereocenters. The quantitative estimate of drug-likeness (QED) is 0.871. The smallest absolute Gasteiger partial charge is 0.392 e. The van der Waals surface area contributed by atoms with Crippen LogP contribution < -0.4 is 15.2 Å². The summed E-state index contributed by atoms with van der Waals surface area (Å²) in [4.78, 5) is 0. The SMILES string of the molecule is COc1cc(CN)cc(OCCC(F)(F)F)c1. The Balaban J connectivity index is 2.64. The minimum absolute atomic E-state index is 0.271. The van der Waals surface area contributed by atoms with E-state index in [4.69, 9.17) is 15.2 Å². The summed E-state index contributed by atoms with van der Waals surface area (Å²) in [6.45, 7) is -0.145. The Labute approximate surface area is 97.3 Å². The van der Waals surface area contributed by atoms with Crippen LogP contribution in [-0.2, 0) is 6.54 Å². The fourth-order valence-electron chi connectivity index (χ4n) is 1.23. The molecule has 0 aliphatic rings. The molecule has 0 heterocycles. The molecule has 0 bridgehead atoms. The fraction of sp³-hybridized carbons (Fsp3) is 0.455. The number of alkyl halides is 3. The van der Waals surface area contributed by atoms with Crippen molar-refractivity contribution in [3.05, 3.63) is 23.8 Å². The van der Waals surface area contributed by atoms with Gasteiger partial charge in [-0.25, -0.2) is 0 Å². The topological polar surface area (TPSA) is 44.5 Å². The molecule has 0 saturated heterocycles. The third kappa shape index (κ3) is 4.95. The molecule has 0 saturated carbocycles. The molecule has 0 aliphatic carbocycles. The number of methoxy groups -OCH3 is 1. The Bertz CT molecular complexity index is 344. The van der Waals surface area contributed by atoms with E-state index in [2.05, 4.69) is 0 Å². The first-order valence-corrected chi connectivity index (χ1v) is 5.02. The van der Waals surface area contributed by atoms with Crippen LogP contribution in [0, 0.1) is 0 Å². The third-order valence-electron chi connectivity index (χ3n) is 2.07. The maximum atomic E-state index is 11.9. The van der Waals surface area contributed by atoms with Gasteiger partial charge in [0.1, 0.15) is 11.5 Å². The Hall–Kier alpha value is -1.43. The van der Waals surface area contributed by atoms with E-state index >= 15 is 0 Å². The molecule has 0 unspecified atom stereocenters. The molecule has 0 amide bonds. The monoisotopic (exact) mass is 249 g/mol. The average molecular weight is 249 g/mol. The van der Waals surface area contributed by atoms with Gasteiger partial charge in [-0.05, 0) is 17.7 Å². The number of ether oxygens (including phenoxy) is 2. The van der Waals surface area contributed by atoms with Crippen molar-refractivity contribution in [3.8, 4) is 11.5 Å². The summed E-state index contributed by atoms with van der Waals surface area (Å²) in [7, 11) is 1.47. The van der Waals surface area contributed by atoms with Gasteiger partial charge in [-0.1, -0.05) is 0 Å². The molecule has 0 radical (unpaired) electrons. The molecular formula is C11H14F3NO2. The van der Waals surface area contributed by atoms with Gasteiger partial charge in [0.05, 0.1) is 20.1 Å². The number of halogens is 3. The van der Waals surface area contributed by atoms with Crippen molar-refractivity contribution in [2.75, 3.05) is 13.7 Å². The molecule has 0 spiro atoms. The standard InChI is InChI=1S/C11H14F3NO2/c1-16-9-4-8(7-15)5-10(6-9)17-3-2-11(12,13)14/h4-6H,2-3,7,15H2,1H3. The lowest BCUT2D eigenvalue weighted by molar-refractivity contribution is -0.139. The van der Waals surface area contributed by atoms with E-state index < -0.39 is 19.2 Å². The van der Waals surface area contributed by atoms with Gasteiger partial charge in [-0.2, -0.15) is 13.2 Å². The normalized spacial score (nSPS) is 11.4. The molecule has 1 aromatic rings. The van der Waals surface area contributed by atoms with E-state index in [0.29, 0.717) is 11.5 Å². The summed E-state index contributed by atoms with van der Waals surface area (Å²) in [5.74, 6) is 0.837. The molecule has 2 N–H and O–H groups in total. The minimum Gasteiger partial charge on any atom is -0.497 e. The number of nitrogens with two attached hydrogens (primary N) is 1. The second-order valence-corrected chi connectivity index (χ2v) is 3.43. The van der Waals surface area contributed by atoms with E-state index in [0.717, 1.165) is 5.56 Å². The summed E-state index contributed by atoms with van der Waals surface area (Å²) in [5, 5.41) is 0. The molecule has 0 aliphatic heterocycles. The summed E-state index contributed by atoms with van der Waals surface area (Å²) in [6.07, 6.45) is -5.20. The van der Waals surface area contributed by atoms with Crippen molar-refractivity contribution in [2.24, 2.45) is 5.73 Å². The molecule has 0 fully saturated rings. The van der Waals surface area contributed by atoms with E-state index in [9.17, 15) is 13.2 Å². The highest BCUT2D eigenvalue weighted by Gasteiger charge is 2.26. The van der Waals surface area contributed by atoms with Crippen molar-refractivity contribution in [2.45, 2.75) is 19.1 Å². The second-order valence-electron chi connectivity index (χ2n) is 3.43. The van der Waals surface area contributed by atoms with E-state index in [1.807, 2.05) is 0 Å². The molecule has 0 aromatic heterocycles. The molecular weight excluding hydrogens is 235 g/mol. The van der Waals surface area contributed by atoms with Gasteiger partial charge in [-0.15, -0.1) is 0 Å². The molecule has 1 rings (SSSR count). The number of rotatable bonds is 5. The maximum absolute atomic E-state index is 11.9. The molecule has 17 heavy (non-hydrogen) atoms. The Morgan fingerprint density at radius 1 is 1.18 bits per heavy atom. The summed E-state index contributed by atoms with van der Waals surface area (Å²) >= 11 is 0. The van der Waals surface area contributed by atoms with E-state index in [-0.39, 0.29) is 6.54 Å². The number of hydrogen-bond acceptors (Lipinski definition) is 3. The molecule has 3 nitrogen and oxygen atoms in total. The zero-order chi connectivity index (χ0) is 12.9. The van der Waals surface area contributed by atoms with Crippen LogP contribution in [-0.4, -0.2) is 19.9 Å². The second kappa shape index (κ2) is 5.77. The lowest BCUT2D eigenvalue weighted by Crippen LogP contribution is -2.13. The first kappa shape index (κ1) is 13.6. The van der Waals surface area contributed by atoms with Gasteiger partial charge in [0, 0.05) is 12.6 Å². The van der Waals surface area contributed by atoms with E-state index in [1.165, 1.54) is 13.2 Å². The van der Waals surface area contributed by atoms with Crippen molar-refractivity contribution in [1.82, 2.24) is 0 Å². The first-order chi connectivity index (χ1) is 7.94. The number of benzene rings is 1. The highest BCUT2D eigenvalue weighted by Crippen LogP contribution is 2.24. The maximum Gasteiger partial charge on any atom is 0.392 e. The molecule has 1 aromatic carbocycles. The third-order valence-corrected chi connectivity index (χ3v) is 2.07. The van der Waals surface area contributed by atoms with Crippen LogP contribution in [0.5, 0.6) is 11.5 Å². The number of hydrogen-bond donors (Lipinski definition) is 1. The molecule has 6 heteroatoms. The van der Waals surface area contributed by atoms with Gasteiger partial charge in [-0.3, -0.25) is 0 Å². The predicted octanol–water partition coefficient (Wildman–Crippen LogP) is 2.49. The van der Waals surface area contributed by atoms with Crippen LogP contribution >= 0.6 is 0 Å². The van der Waals surface area contributed by atoms with Gasteiger partial charge in [0.25, 0.3) is 0 Å². The van der Waals surface area contributed by atoms with Crippen molar-refractivity contribution < 1.29 is 22.6 Å². The predicted molar refractivity (Wildman–Crippen MR) is 57.1 cm³/mol. The average Bonchev–Trinajstić information content (AvgIpc) is 2.26. The van der Waals surface area contributed by atoms with Gasteiger partial charge in [0.2, 0.25) is 0 Å². The zero-order valence-corrected chi connectivity index (χ0v) is 9.38. The van der Waals surface area contributed by atoms with Crippen LogP contribution in [0.25, 0.3) is 0 Å². The highest BCUT2D eigenvalue weighted by atomic mass is 19.4.